The van der Waals surface area contributed by atoms with E-state index in [-0.39, 0.29) is 41.3 Å². The molecule has 116 valence electrons. The predicted molar refractivity (Wildman–Crippen MR) is 83.6 cm³/mol. The van der Waals surface area contributed by atoms with Gasteiger partial charge >= 0.3 is 0 Å². The van der Waals surface area contributed by atoms with E-state index in [0.29, 0.717) is 23.1 Å². The molecule has 3 fully saturated rings. The van der Waals surface area contributed by atoms with Crippen LogP contribution in [0.5, 0.6) is 0 Å². The van der Waals surface area contributed by atoms with E-state index in [0.717, 1.165) is 6.42 Å². The van der Waals surface area contributed by atoms with Crippen LogP contribution in [0.15, 0.2) is 36.4 Å². The number of amides is 2. The van der Waals surface area contributed by atoms with Crippen molar-refractivity contribution in [2.24, 2.45) is 35.5 Å². The average molecular weight is 307 g/mol. The van der Waals surface area contributed by atoms with Gasteiger partial charge in [-0.15, -0.1) is 0 Å². The van der Waals surface area contributed by atoms with Crippen molar-refractivity contribution in [3.05, 3.63) is 42.0 Å². The molecule has 0 N–H and O–H groups in total. The Bertz CT molecular complexity index is 760. The minimum absolute atomic E-state index is 0.0636. The molecule has 6 rings (SSSR count). The Balaban J connectivity index is 1.57. The van der Waals surface area contributed by atoms with E-state index < -0.39 is 0 Å². The monoisotopic (exact) mass is 307 g/mol. The first-order chi connectivity index (χ1) is 11.1. The Hall–Kier alpha value is -2.23. The van der Waals surface area contributed by atoms with Crippen molar-refractivity contribution < 1.29 is 14.4 Å². The Morgan fingerprint density at radius 2 is 1.65 bits per heavy atom. The molecule has 1 aliphatic heterocycles. The third kappa shape index (κ3) is 1.58. The molecule has 0 radical (unpaired) electrons. The lowest BCUT2D eigenvalue weighted by atomic mass is 9.63. The first-order valence-corrected chi connectivity index (χ1v) is 8.25. The summed E-state index contributed by atoms with van der Waals surface area (Å²) in [5.41, 5.74) is 1.07. The zero-order chi connectivity index (χ0) is 15.9. The molecule has 0 spiro atoms. The van der Waals surface area contributed by atoms with E-state index in [1.807, 2.05) is 0 Å². The lowest BCUT2D eigenvalue weighted by Crippen LogP contribution is -2.40. The van der Waals surface area contributed by atoms with Crippen molar-refractivity contribution in [2.75, 3.05) is 4.90 Å². The van der Waals surface area contributed by atoms with Gasteiger partial charge in [-0.25, -0.2) is 4.90 Å². The van der Waals surface area contributed by atoms with Crippen LogP contribution in [0.1, 0.15) is 23.7 Å². The molecule has 4 nitrogen and oxygen atoms in total. The normalized spacial score (nSPS) is 39.4. The van der Waals surface area contributed by atoms with Crippen LogP contribution in [-0.2, 0) is 9.59 Å². The fourth-order valence-electron chi connectivity index (χ4n) is 5.08. The van der Waals surface area contributed by atoms with Crippen molar-refractivity contribution in [3.8, 4) is 0 Å². The Morgan fingerprint density at radius 1 is 1.04 bits per heavy atom. The highest BCUT2D eigenvalue weighted by atomic mass is 16.2. The number of ketones is 1. The number of carbonyl (C=O) groups is 3. The second-order valence-corrected chi connectivity index (χ2v) is 7.27. The molecule has 2 saturated carbocycles. The molecule has 2 bridgehead atoms. The van der Waals surface area contributed by atoms with Gasteiger partial charge in [-0.05, 0) is 49.1 Å². The second-order valence-electron chi connectivity index (χ2n) is 7.27. The Labute approximate surface area is 134 Å². The van der Waals surface area contributed by atoms with Crippen molar-refractivity contribution >= 4 is 23.3 Å². The average Bonchev–Trinajstić information content (AvgIpc) is 3.32. The standard InChI is InChI=1S/C19H17NO3/c1-9(21)10-3-2-4-11(7-10)20-18(22)16-12-5-6-13(15-8-14(12)15)17(16)19(20)23/h2-7,12-17H,8H2,1H3/t12-,13+,14-,15-,16+,17+/m1/s1. The van der Waals surface area contributed by atoms with Crippen LogP contribution in [0.2, 0.25) is 0 Å². The third-order valence-corrected chi connectivity index (χ3v) is 6.17. The van der Waals surface area contributed by atoms with E-state index in [1.54, 1.807) is 24.3 Å². The smallest absolute Gasteiger partial charge is 0.238 e. The van der Waals surface area contributed by atoms with E-state index in [4.69, 9.17) is 0 Å². The summed E-state index contributed by atoms with van der Waals surface area (Å²) in [6, 6.07) is 6.85. The number of hydrogen-bond donors (Lipinski definition) is 0. The number of hydrogen-bond acceptors (Lipinski definition) is 3. The van der Waals surface area contributed by atoms with Crippen LogP contribution in [0, 0.1) is 35.5 Å². The van der Waals surface area contributed by atoms with Gasteiger partial charge in [0, 0.05) is 5.56 Å². The van der Waals surface area contributed by atoms with Crippen molar-refractivity contribution in [2.45, 2.75) is 13.3 Å². The number of nitrogens with zero attached hydrogens (tertiary/aromatic N) is 1. The molecule has 4 heteroatoms. The van der Waals surface area contributed by atoms with Crippen LogP contribution >= 0.6 is 0 Å². The molecule has 1 aromatic rings. The molecular formula is C19H17NO3. The molecule has 6 atom stereocenters. The highest BCUT2D eigenvalue weighted by molar-refractivity contribution is 6.23. The number of allylic oxidation sites excluding steroid dienone is 2. The molecule has 2 amide bonds. The highest BCUT2D eigenvalue weighted by Crippen LogP contribution is 2.65. The lowest BCUT2D eigenvalue weighted by Gasteiger charge is -2.37. The number of carbonyl (C=O) groups excluding carboxylic acids is 3. The maximum absolute atomic E-state index is 13.0. The summed E-state index contributed by atoms with van der Waals surface area (Å²) in [5.74, 6) is 1.06. The summed E-state index contributed by atoms with van der Waals surface area (Å²) in [6.45, 7) is 1.49. The number of rotatable bonds is 2. The molecule has 4 aliphatic carbocycles. The Kier molecular flexibility index (Phi) is 2.41. The van der Waals surface area contributed by atoms with Gasteiger partial charge in [0.15, 0.2) is 5.78 Å². The first kappa shape index (κ1) is 13.2. The molecule has 23 heavy (non-hydrogen) atoms. The zero-order valence-electron chi connectivity index (χ0n) is 12.8. The molecule has 5 aliphatic rings. The van der Waals surface area contributed by atoms with E-state index in [2.05, 4.69) is 12.2 Å². The fraction of sp³-hybridized carbons (Fsp3) is 0.421. The van der Waals surface area contributed by atoms with Gasteiger partial charge in [0.1, 0.15) is 0 Å². The number of Topliss-reactive ketones (excluding diaryl/α,β-unsaturated/α-hetero) is 1. The SMILES string of the molecule is CC(=O)c1cccc(N2C(=O)[C@H]3[C@@H]4C=C[C@@H]([C@H]5C[C@H]45)[C@@H]3C2=O)c1. The van der Waals surface area contributed by atoms with Crippen molar-refractivity contribution in [1.29, 1.82) is 0 Å². The number of anilines is 1. The molecule has 0 aromatic heterocycles. The summed E-state index contributed by atoms with van der Waals surface area (Å²) in [5, 5.41) is 0. The van der Waals surface area contributed by atoms with Gasteiger partial charge in [0.25, 0.3) is 0 Å². The summed E-state index contributed by atoms with van der Waals surface area (Å²) in [7, 11) is 0. The topological polar surface area (TPSA) is 54.5 Å². The minimum Gasteiger partial charge on any atom is -0.295 e. The zero-order valence-corrected chi connectivity index (χ0v) is 12.8. The first-order valence-electron chi connectivity index (χ1n) is 8.25. The van der Waals surface area contributed by atoms with Crippen LogP contribution in [0.4, 0.5) is 5.69 Å². The van der Waals surface area contributed by atoms with E-state index in [9.17, 15) is 14.4 Å². The van der Waals surface area contributed by atoms with Gasteiger partial charge in [-0.2, -0.15) is 0 Å². The van der Waals surface area contributed by atoms with Gasteiger partial charge < -0.3 is 0 Å². The quantitative estimate of drug-likeness (QED) is 0.479. The molecule has 1 heterocycles. The van der Waals surface area contributed by atoms with Crippen LogP contribution in [-0.4, -0.2) is 17.6 Å². The van der Waals surface area contributed by atoms with Crippen LogP contribution in [0.25, 0.3) is 0 Å². The minimum atomic E-state index is -0.192. The number of imide groups is 1. The third-order valence-electron chi connectivity index (χ3n) is 6.17. The van der Waals surface area contributed by atoms with Gasteiger partial charge in [-0.1, -0.05) is 24.3 Å². The largest absolute Gasteiger partial charge is 0.295 e. The summed E-state index contributed by atoms with van der Waals surface area (Å²) in [4.78, 5) is 38.9. The summed E-state index contributed by atoms with van der Waals surface area (Å²) >= 11 is 0. The molecule has 0 unspecified atom stereocenters. The van der Waals surface area contributed by atoms with Gasteiger partial charge in [-0.3, -0.25) is 14.4 Å². The fourth-order valence-corrected chi connectivity index (χ4v) is 5.08. The highest BCUT2D eigenvalue weighted by Gasteiger charge is 2.67. The molecule has 1 saturated heterocycles. The van der Waals surface area contributed by atoms with Gasteiger partial charge in [0.2, 0.25) is 11.8 Å². The lowest BCUT2D eigenvalue weighted by molar-refractivity contribution is -0.124. The van der Waals surface area contributed by atoms with Crippen LogP contribution < -0.4 is 4.90 Å². The van der Waals surface area contributed by atoms with Gasteiger partial charge in [0.05, 0.1) is 17.5 Å². The number of benzene rings is 1. The second kappa shape index (κ2) is 4.19. The predicted octanol–water partition coefficient (Wildman–Crippen LogP) is 2.45. The van der Waals surface area contributed by atoms with Crippen molar-refractivity contribution in [3.63, 3.8) is 0 Å². The Morgan fingerprint density at radius 3 is 2.22 bits per heavy atom. The van der Waals surface area contributed by atoms with Crippen LogP contribution in [0.3, 0.4) is 0 Å². The van der Waals surface area contributed by atoms with E-state index in [1.165, 1.54) is 11.8 Å². The van der Waals surface area contributed by atoms with E-state index >= 15 is 0 Å². The molecular weight excluding hydrogens is 290 g/mol. The summed E-state index contributed by atoms with van der Waals surface area (Å²) < 4.78 is 0. The summed E-state index contributed by atoms with van der Waals surface area (Å²) in [6.07, 6.45) is 5.50. The van der Waals surface area contributed by atoms with Crippen molar-refractivity contribution in [1.82, 2.24) is 0 Å². The molecule has 1 aromatic carbocycles. The maximum Gasteiger partial charge on any atom is 0.238 e. The maximum atomic E-state index is 13.0.